The number of nitrogens with zero attached hydrogens (tertiary/aromatic N) is 1. The van der Waals surface area contributed by atoms with Crippen molar-refractivity contribution in [3.8, 4) is 11.5 Å². The first-order valence-corrected chi connectivity index (χ1v) is 8.90. The van der Waals surface area contributed by atoms with Crippen molar-refractivity contribution in [2.24, 2.45) is 5.73 Å². The number of anilines is 1. The summed E-state index contributed by atoms with van der Waals surface area (Å²) in [6.07, 6.45) is 0. The van der Waals surface area contributed by atoms with Gasteiger partial charge in [-0.05, 0) is 19.1 Å². The van der Waals surface area contributed by atoms with Crippen LogP contribution < -0.4 is 10.5 Å². The van der Waals surface area contributed by atoms with E-state index in [1.807, 2.05) is 6.92 Å². The molecule has 3 N–H and O–H groups in total. The van der Waals surface area contributed by atoms with Crippen LogP contribution in [-0.4, -0.2) is 32.4 Å². The van der Waals surface area contributed by atoms with Crippen molar-refractivity contribution in [1.29, 1.82) is 0 Å². The summed E-state index contributed by atoms with van der Waals surface area (Å²) in [6, 6.07) is 3.52. The predicted octanol–water partition coefficient (Wildman–Crippen LogP) is 1.64. The molecule has 0 aliphatic rings. The number of rotatable bonds is 8. The molecule has 2 heterocycles. The van der Waals surface area contributed by atoms with Crippen molar-refractivity contribution in [2.45, 2.75) is 13.5 Å². The van der Waals surface area contributed by atoms with E-state index in [0.717, 1.165) is 0 Å². The minimum absolute atomic E-state index is 0.103. The van der Waals surface area contributed by atoms with E-state index in [-0.39, 0.29) is 12.4 Å². The average Bonchev–Trinajstić information content (AvgIpc) is 3.06. The molecule has 0 fully saturated rings. The molecule has 2 aromatic rings. The Labute approximate surface area is 127 Å². The Morgan fingerprint density at radius 1 is 1.48 bits per heavy atom. The fourth-order valence-electron chi connectivity index (χ4n) is 1.56. The Bertz CT molecular complexity index is 678. The topological polar surface area (TPSA) is 107 Å². The van der Waals surface area contributed by atoms with E-state index < -0.39 is 10.0 Å². The molecule has 0 aromatic carbocycles. The number of hydrogen-bond donors (Lipinski definition) is 2. The number of ether oxygens (including phenoxy) is 1. The lowest BCUT2D eigenvalue weighted by molar-refractivity contribution is 0.163. The van der Waals surface area contributed by atoms with E-state index in [1.54, 1.807) is 17.5 Å². The van der Waals surface area contributed by atoms with Gasteiger partial charge in [-0.25, -0.2) is 13.4 Å². The number of furan rings is 1. The molecule has 0 radical (unpaired) electrons. The highest BCUT2D eigenvalue weighted by Gasteiger charge is 2.14. The van der Waals surface area contributed by atoms with Crippen LogP contribution in [-0.2, 0) is 21.3 Å². The van der Waals surface area contributed by atoms with Crippen LogP contribution in [0.1, 0.15) is 12.7 Å². The lowest BCUT2D eigenvalue weighted by Crippen LogP contribution is -2.20. The van der Waals surface area contributed by atoms with Gasteiger partial charge in [-0.1, -0.05) is 0 Å². The summed E-state index contributed by atoms with van der Waals surface area (Å²) in [5, 5.41) is 2.02. The largest absolute Gasteiger partial charge is 0.458 e. The molecule has 21 heavy (non-hydrogen) atoms. The third-order valence-corrected chi connectivity index (χ3v) is 4.66. The molecule has 0 aliphatic carbocycles. The zero-order valence-corrected chi connectivity index (χ0v) is 13.2. The molecule has 2 aromatic heterocycles. The van der Waals surface area contributed by atoms with Crippen LogP contribution in [0.25, 0.3) is 11.5 Å². The molecule has 7 nitrogen and oxygen atoms in total. The number of hydrogen-bond acceptors (Lipinski definition) is 7. The van der Waals surface area contributed by atoms with Crippen LogP contribution in [0.3, 0.4) is 0 Å². The maximum absolute atomic E-state index is 11.8. The second-order valence-corrected chi connectivity index (χ2v) is 6.83. The zero-order chi connectivity index (χ0) is 15.3. The normalized spacial score (nSPS) is 11.7. The lowest BCUT2D eigenvalue weighted by atomic mass is 10.3. The standard InChI is InChI=1S/C12H17N3O4S2/c1-2-18-5-6-21(16,17)15-12-14-10(8-20-12)11-4-3-9(7-13)19-11/h3-4,8H,2,5-7,13H2,1H3,(H,14,15). The Balaban J connectivity index is 2.02. The SMILES string of the molecule is CCOCCS(=O)(=O)Nc1nc(-c2ccc(CN)o2)cs1. The van der Waals surface area contributed by atoms with Gasteiger partial charge in [-0.3, -0.25) is 4.72 Å². The second kappa shape index (κ2) is 7.03. The zero-order valence-electron chi connectivity index (χ0n) is 11.5. The predicted molar refractivity (Wildman–Crippen MR) is 81.6 cm³/mol. The van der Waals surface area contributed by atoms with E-state index in [4.69, 9.17) is 14.9 Å². The average molecular weight is 331 g/mol. The van der Waals surface area contributed by atoms with Crippen molar-refractivity contribution >= 4 is 26.5 Å². The van der Waals surface area contributed by atoms with Crippen LogP contribution in [0.15, 0.2) is 21.9 Å². The minimum atomic E-state index is -3.45. The molecule has 0 spiro atoms. The Morgan fingerprint density at radius 2 is 2.29 bits per heavy atom. The third kappa shape index (κ3) is 4.53. The van der Waals surface area contributed by atoms with Crippen molar-refractivity contribution in [2.75, 3.05) is 23.7 Å². The summed E-state index contributed by atoms with van der Waals surface area (Å²) in [5.74, 6) is 1.11. The summed E-state index contributed by atoms with van der Waals surface area (Å²) in [7, 11) is -3.45. The quantitative estimate of drug-likeness (QED) is 0.712. The maximum Gasteiger partial charge on any atom is 0.236 e. The Morgan fingerprint density at radius 3 is 2.95 bits per heavy atom. The first-order chi connectivity index (χ1) is 10.0. The molecule has 0 amide bonds. The molecule has 0 bridgehead atoms. The van der Waals surface area contributed by atoms with E-state index in [0.29, 0.717) is 35.5 Å². The van der Waals surface area contributed by atoms with Gasteiger partial charge < -0.3 is 14.9 Å². The van der Waals surface area contributed by atoms with E-state index in [1.165, 1.54) is 11.3 Å². The smallest absolute Gasteiger partial charge is 0.236 e. The minimum Gasteiger partial charge on any atom is -0.458 e. The fraction of sp³-hybridized carbons (Fsp3) is 0.417. The van der Waals surface area contributed by atoms with Gasteiger partial charge >= 0.3 is 0 Å². The van der Waals surface area contributed by atoms with Crippen LogP contribution >= 0.6 is 11.3 Å². The van der Waals surface area contributed by atoms with Gasteiger partial charge in [0.25, 0.3) is 0 Å². The van der Waals surface area contributed by atoms with Crippen molar-refractivity contribution in [1.82, 2.24) is 4.98 Å². The molecule has 0 saturated carbocycles. The van der Waals surface area contributed by atoms with Gasteiger partial charge in [0, 0.05) is 12.0 Å². The van der Waals surface area contributed by atoms with E-state index in [2.05, 4.69) is 9.71 Å². The Kier molecular flexibility index (Phi) is 5.34. The highest BCUT2D eigenvalue weighted by atomic mass is 32.2. The van der Waals surface area contributed by atoms with Crippen molar-refractivity contribution in [3.63, 3.8) is 0 Å². The number of sulfonamides is 1. The van der Waals surface area contributed by atoms with Gasteiger partial charge in [0.05, 0.1) is 18.9 Å². The van der Waals surface area contributed by atoms with Gasteiger partial charge in [0.15, 0.2) is 10.9 Å². The number of thiazole rings is 1. The van der Waals surface area contributed by atoms with Crippen LogP contribution in [0.5, 0.6) is 0 Å². The summed E-state index contributed by atoms with van der Waals surface area (Å²) >= 11 is 1.19. The number of aromatic nitrogens is 1. The second-order valence-electron chi connectivity index (χ2n) is 4.13. The van der Waals surface area contributed by atoms with Crippen molar-refractivity contribution < 1.29 is 17.6 Å². The van der Waals surface area contributed by atoms with Gasteiger partial charge in [-0.2, -0.15) is 0 Å². The summed E-state index contributed by atoms with van der Waals surface area (Å²) < 4.78 is 36.5. The third-order valence-electron chi connectivity index (χ3n) is 2.56. The first-order valence-electron chi connectivity index (χ1n) is 6.37. The maximum atomic E-state index is 11.8. The van der Waals surface area contributed by atoms with E-state index in [9.17, 15) is 8.42 Å². The molecule has 0 aliphatic heterocycles. The first kappa shape index (κ1) is 16.0. The summed E-state index contributed by atoms with van der Waals surface area (Å²) in [6.45, 7) is 2.76. The van der Waals surface area contributed by atoms with Crippen LogP contribution in [0.2, 0.25) is 0 Å². The highest BCUT2D eigenvalue weighted by Crippen LogP contribution is 2.26. The van der Waals surface area contributed by atoms with Crippen LogP contribution in [0.4, 0.5) is 5.13 Å². The molecule has 2 rings (SSSR count). The molecular formula is C12H17N3O4S2. The van der Waals surface area contributed by atoms with Crippen LogP contribution in [0, 0.1) is 0 Å². The van der Waals surface area contributed by atoms with Gasteiger partial charge in [0.2, 0.25) is 10.0 Å². The number of nitrogens with two attached hydrogens (primary N) is 1. The Hall–Kier alpha value is -1.42. The fourth-order valence-corrected chi connectivity index (χ4v) is 3.42. The van der Waals surface area contributed by atoms with Gasteiger partial charge in [0.1, 0.15) is 11.5 Å². The molecule has 9 heteroatoms. The number of nitrogens with one attached hydrogen (secondary N) is 1. The molecule has 0 unspecified atom stereocenters. The van der Waals surface area contributed by atoms with Gasteiger partial charge in [-0.15, -0.1) is 11.3 Å². The molecule has 116 valence electrons. The highest BCUT2D eigenvalue weighted by molar-refractivity contribution is 7.92. The molecule has 0 saturated heterocycles. The van der Waals surface area contributed by atoms with Crippen molar-refractivity contribution in [3.05, 3.63) is 23.3 Å². The molecular weight excluding hydrogens is 314 g/mol. The molecule has 0 atom stereocenters. The summed E-state index contributed by atoms with van der Waals surface area (Å²) in [4.78, 5) is 4.19. The monoisotopic (exact) mass is 331 g/mol. The summed E-state index contributed by atoms with van der Waals surface area (Å²) in [5.41, 5.74) is 6.04. The lowest BCUT2D eigenvalue weighted by Gasteiger charge is -2.04. The van der Waals surface area contributed by atoms with E-state index >= 15 is 0 Å².